The van der Waals surface area contributed by atoms with Crippen molar-refractivity contribution in [2.45, 2.75) is 35.9 Å². The fourth-order valence-electron chi connectivity index (χ4n) is 3.24. The molecule has 4 rings (SSSR count). The zero-order valence-electron chi connectivity index (χ0n) is 14.2. The molecular formula is C18H19IN6S. The number of imidazole rings is 1. The topological polar surface area (TPSA) is 81.7 Å². The lowest BCUT2D eigenvalue weighted by atomic mass is 10.1. The van der Waals surface area contributed by atoms with Crippen LogP contribution in [-0.2, 0) is 19.4 Å². The van der Waals surface area contributed by atoms with Crippen molar-refractivity contribution >= 4 is 51.3 Å². The van der Waals surface area contributed by atoms with Gasteiger partial charge in [0.1, 0.15) is 6.33 Å². The Bertz CT molecular complexity index is 983. The van der Waals surface area contributed by atoms with E-state index in [1.54, 1.807) is 18.0 Å². The van der Waals surface area contributed by atoms with Crippen LogP contribution in [0.3, 0.4) is 0 Å². The predicted octanol–water partition coefficient (Wildman–Crippen LogP) is 3.39. The molecule has 0 aliphatic heterocycles. The van der Waals surface area contributed by atoms with Crippen molar-refractivity contribution in [1.29, 1.82) is 0 Å². The molecule has 6 nitrogen and oxygen atoms in total. The minimum absolute atomic E-state index is 0.413. The molecule has 26 heavy (non-hydrogen) atoms. The number of nitrogens with zero attached hydrogens (tertiary/aromatic N) is 4. The summed E-state index contributed by atoms with van der Waals surface area (Å²) < 4.78 is 3.35. The van der Waals surface area contributed by atoms with E-state index in [-0.39, 0.29) is 0 Å². The van der Waals surface area contributed by atoms with Gasteiger partial charge in [0.05, 0.1) is 0 Å². The molecule has 0 bridgehead atoms. The van der Waals surface area contributed by atoms with Gasteiger partial charge in [-0.2, -0.15) is 0 Å². The molecule has 0 spiro atoms. The molecule has 1 aliphatic rings. The minimum Gasteiger partial charge on any atom is -0.390 e. The smallest absolute Gasteiger partial charge is 0.175 e. The number of aromatic nitrogens is 4. The lowest BCUT2D eigenvalue weighted by Crippen LogP contribution is -2.15. The van der Waals surface area contributed by atoms with E-state index < -0.39 is 0 Å². The zero-order valence-corrected chi connectivity index (χ0v) is 17.2. The second-order valence-electron chi connectivity index (χ2n) is 6.14. The summed E-state index contributed by atoms with van der Waals surface area (Å²) in [4.78, 5) is 14.4. The zero-order chi connectivity index (χ0) is 18.1. The predicted molar refractivity (Wildman–Crippen MR) is 113 cm³/mol. The Kier molecular flexibility index (Phi) is 5.03. The fourth-order valence-corrected chi connectivity index (χ4v) is 5.08. The van der Waals surface area contributed by atoms with Gasteiger partial charge < -0.3 is 15.6 Å². The molecule has 0 radical (unpaired) electrons. The van der Waals surface area contributed by atoms with Crippen molar-refractivity contribution in [3.8, 4) is 0 Å². The molecule has 8 heteroatoms. The molecule has 1 aliphatic carbocycles. The van der Waals surface area contributed by atoms with E-state index in [1.165, 1.54) is 38.8 Å². The van der Waals surface area contributed by atoms with Gasteiger partial charge in [-0.3, -0.25) is 0 Å². The number of rotatable bonds is 6. The average Bonchev–Trinajstić information content (AvgIpc) is 3.21. The summed E-state index contributed by atoms with van der Waals surface area (Å²) in [6.07, 6.45) is 6.78. The maximum Gasteiger partial charge on any atom is 0.175 e. The van der Waals surface area contributed by atoms with Crippen LogP contribution in [0.4, 0.5) is 5.82 Å². The normalized spacial score (nSPS) is 13.1. The summed E-state index contributed by atoms with van der Waals surface area (Å²) in [6, 6.07) is 4.63. The van der Waals surface area contributed by atoms with Gasteiger partial charge in [-0.15, -0.1) is 0 Å². The third kappa shape index (κ3) is 3.27. The molecule has 2 aromatic heterocycles. The van der Waals surface area contributed by atoms with Crippen molar-refractivity contribution in [2.24, 2.45) is 0 Å². The lowest BCUT2D eigenvalue weighted by Gasteiger charge is -2.10. The van der Waals surface area contributed by atoms with E-state index in [9.17, 15) is 0 Å². The monoisotopic (exact) mass is 478 g/mol. The summed E-state index contributed by atoms with van der Waals surface area (Å²) in [5, 5.41) is 4.02. The van der Waals surface area contributed by atoms with Crippen molar-refractivity contribution in [1.82, 2.24) is 24.8 Å². The van der Waals surface area contributed by atoms with Crippen molar-refractivity contribution < 1.29 is 0 Å². The third-order valence-corrected chi connectivity index (χ3v) is 6.81. The molecule has 134 valence electrons. The summed E-state index contributed by atoms with van der Waals surface area (Å²) >= 11 is 4.08. The van der Waals surface area contributed by atoms with E-state index in [4.69, 9.17) is 10.7 Å². The number of halogens is 1. The molecule has 0 atom stereocenters. The number of nitrogens with one attached hydrogen (secondary N) is 1. The summed E-state index contributed by atoms with van der Waals surface area (Å²) in [5.74, 6) is 0.413. The number of hydrogen-bond donors (Lipinski definition) is 2. The van der Waals surface area contributed by atoms with Gasteiger partial charge in [-0.1, -0.05) is 18.3 Å². The summed E-state index contributed by atoms with van der Waals surface area (Å²) in [7, 11) is 0. The van der Waals surface area contributed by atoms with Crippen LogP contribution in [0.25, 0.3) is 11.2 Å². The first-order chi connectivity index (χ1) is 12.7. The first-order valence-corrected chi connectivity index (χ1v) is 10.4. The van der Waals surface area contributed by atoms with Crippen LogP contribution in [0.2, 0.25) is 0 Å². The minimum atomic E-state index is 0.413. The van der Waals surface area contributed by atoms with Crippen LogP contribution >= 0.6 is 34.4 Å². The Hall–Kier alpha value is -1.81. The Balaban J connectivity index is 1.74. The number of anilines is 1. The maximum absolute atomic E-state index is 6.02. The Morgan fingerprint density at radius 3 is 2.92 bits per heavy atom. The number of nitrogens with two attached hydrogens (primary N) is 1. The second kappa shape index (κ2) is 7.43. The van der Waals surface area contributed by atoms with Crippen LogP contribution < -0.4 is 11.1 Å². The molecule has 3 aromatic rings. The number of fused-ring (bicyclic) bond motifs is 2. The second-order valence-corrected chi connectivity index (χ2v) is 8.31. The largest absolute Gasteiger partial charge is 0.390 e. The Morgan fingerprint density at radius 1 is 1.31 bits per heavy atom. The molecule has 0 fully saturated rings. The average molecular weight is 478 g/mol. The van der Waals surface area contributed by atoms with Gasteiger partial charge in [0.2, 0.25) is 0 Å². The number of benzene rings is 1. The highest BCUT2D eigenvalue weighted by Crippen LogP contribution is 2.36. The molecule has 2 heterocycles. The highest BCUT2D eigenvalue weighted by atomic mass is 127. The molecule has 0 unspecified atom stereocenters. The van der Waals surface area contributed by atoms with Crippen LogP contribution in [-0.4, -0.2) is 26.1 Å². The number of hydrogen-bond acceptors (Lipinski definition) is 6. The molecule has 0 saturated carbocycles. The van der Waals surface area contributed by atoms with E-state index in [0.29, 0.717) is 11.3 Å². The van der Waals surface area contributed by atoms with Crippen LogP contribution in [0, 0.1) is 3.57 Å². The van der Waals surface area contributed by atoms with E-state index in [0.717, 1.165) is 30.3 Å². The molecular weight excluding hydrogens is 459 g/mol. The van der Waals surface area contributed by atoms with Crippen molar-refractivity contribution in [3.05, 3.63) is 45.9 Å². The molecule has 3 N–H and O–H groups in total. The van der Waals surface area contributed by atoms with E-state index >= 15 is 0 Å². The van der Waals surface area contributed by atoms with Gasteiger partial charge in [-0.25, -0.2) is 15.0 Å². The Morgan fingerprint density at radius 2 is 2.12 bits per heavy atom. The van der Waals surface area contributed by atoms with Gasteiger partial charge in [0.15, 0.2) is 22.1 Å². The van der Waals surface area contributed by atoms with Crippen LogP contribution in [0.15, 0.2) is 41.3 Å². The van der Waals surface area contributed by atoms with Gasteiger partial charge in [0, 0.05) is 21.6 Å². The number of aryl methyl sites for hydroxylation is 2. The standard InChI is InChI=1S/C18H19IN6S/c1-2-21-6-7-25-17-15(16(20)22-10-23-17)24-18(25)26-14-9-12-5-3-4-11(12)8-13(14)19/h2,8-10,21H,1,3-7H2,(H2,20,22,23). The summed E-state index contributed by atoms with van der Waals surface area (Å²) in [6.45, 7) is 5.17. The van der Waals surface area contributed by atoms with Crippen LogP contribution in [0.1, 0.15) is 17.5 Å². The van der Waals surface area contributed by atoms with Crippen molar-refractivity contribution in [3.63, 3.8) is 0 Å². The van der Waals surface area contributed by atoms with E-state index in [1.807, 2.05) is 0 Å². The molecule has 0 amide bonds. The SMILES string of the molecule is C=CNCCn1c(Sc2cc3c(cc2I)CCC3)nc2c(N)ncnc21. The van der Waals surface area contributed by atoms with E-state index in [2.05, 4.69) is 61.2 Å². The first-order valence-electron chi connectivity index (χ1n) is 8.47. The molecule has 0 saturated heterocycles. The maximum atomic E-state index is 6.02. The quantitative estimate of drug-likeness (QED) is 0.418. The highest BCUT2D eigenvalue weighted by molar-refractivity contribution is 14.1. The summed E-state index contributed by atoms with van der Waals surface area (Å²) in [5.41, 5.74) is 10.4. The highest BCUT2D eigenvalue weighted by Gasteiger charge is 2.19. The molecule has 1 aromatic carbocycles. The van der Waals surface area contributed by atoms with Crippen molar-refractivity contribution in [2.75, 3.05) is 12.3 Å². The first kappa shape index (κ1) is 17.6. The third-order valence-electron chi connectivity index (χ3n) is 4.50. The van der Waals surface area contributed by atoms with Gasteiger partial charge in [-0.05, 0) is 71.3 Å². The van der Waals surface area contributed by atoms with Gasteiger partial charge >= 0.3 is 0 Å². The number of nitrogen functional groups attached to an aromatic ring is 1. The Labute approximate surface area is 169 Å². The van der Waals surface area contributed by atoms with Crippen LogP contribution in [0.5, 0.6) is 0 Å². The van der Waals surface area contributed by atoms with Gasteiger partial charge in [0.25, 0.3) is 0 Å². The fraction of sp³-hybridized carbons (Fsp3) is 0.278. The lowest BCUT2D eigenvalue weighted by molar-refractivity contribution is 0.623.